The minimum Gasteiger partial charge on any atom is -0.396 e. The van der Waals surface area contributed by atoms with E-state index in [2.05, 4.69) is 6.92 Å². The Hall–Kier alpha value is -1.15. The summed E-state index contributed by atoms with van der Waals surface area (Å²) in [7, 11) is 0. The highest BCUT2D eigenvalue weighted by molar-refractivity contribution is 5.96. The maximum absolute atomic E-state index is 11.4. The number of rotatable bonds is 6. The van der Waals surface area contributed by atoms with Crippen molar-refractivity contribution in [3.05, 3.63) is 35.4 Å². The number of unbranched alkanes of at least 4 members (excludes halogenated alkanes) is 1. The predicted octanol–water partition coefficient (Wildman–Crippen LogP) is 2.59. The third-order valence-electron chi connectivity index (χ3n) is 2.43. The third kappa shape index (κ3) is 3.84. The van der Waals surface area contributed by atoms with Crippen LogP contribution in [0.25, 0.3) is 0 Å². The van der Waals surface area contributed by atoms with Gasteiger partial charge in [0, 0.05) is 12.0 Å². The van der Waals surface area contributed by atoms with Crippen LogP contribution in [0, 0.1) is 0 Å². The number of benzene rings is 1. The van der Waals surface area contributed by atoms with E-state index in [9.17, 15) is 4.79 Å². The average Bonchev–Trinajstić information content (AvgIpc) is 2.27. The number of aliphatic hydroxyl groups excluding tert-OH is 1. The second-order valence-corrected chi connectivity index (χ2v) is 3.70. The monoisotopic (exact) mass is 206 g/mol. The van der Waals surface area contributed by atoms with Crippen LogP contribution in [0.2, 0.25) is 0 Å². The number of aliphatic hydroxyl groups is 1. The molecule has 15 heavy (non-hydrogen) atoms. The Balaban J connectivity index is 2.59. The van der Waals surface area contributed by atoms with Crippen LogP contribution < -0.4 is 0 Å². The molecule has 82 valence electrons. The molecule has 1 N–H and O–H groups in total. The van der Waals surface area contributed by atoms with Gasteiger partial charge >= 0.3 is 0 Å². The zero-order valence-corrected chi connectivity index (χ0v) is 9.20. The number of aryl methyl sites for hydroxylation is 1. The summed E-state index contributed by atoms with van der Waals surface area (Å²) in [5, 5.41) is 8.65. The van der Waals surface area contributed by atoms with E-state index in [1.165, 1.54) is 18.4 Å². The van der Waals surface area contributed by atoms with Gasteiger partial charge in [-0.25, -0.2) is 0 Å². The van der Waals surface area contributed by atoms with Crippen molar-refractivity contribution in [2.75, 3.05) is 6.61 Å². The summed E-state index contributed by atoms with van der Waals surface area (Å²) in [5.74, 6) is 0.0135. The molecule has 1 aromatic rings. The van der Waals surface area contributed by atoms with Crippen LogP contribution in [-0.2, 0) is 6.42 Å². The lowest BCUT2D eigenvalue weighted by Gasteiger charge is -2.02. The highest BCUT2D eigenvalue weighted by Gasteiger charge is 2.04. The van der Waals surface area contributed by atoms with E-state index >= 15 is 0 Å². The largest absolute Gasteiger partial charge is 0.396 e. The Kier molecular flexibility index (Phi) is 5.05. The van der Waals surface area contributed by atoms with Crippen LogP contribution in [-0.4, -0.2) is 17.5 Å². The van der Waals surface area contributed by atoms with E-state index in [0.29, 0.717) is 5.56 Å². The molecule has 1 aromatic carbocycles. The first kappa shape index (κ1) is 11.9. The summed E-state index contributed by atoms with van der Waals surface area (Å²) in [6.07, 6.45) is 3.66. The fourth-order valence-electron chi connectivity index (χ4n) is 1.48. The molecule has 0 aliphatic carbocycles. The van der Waals surface area contributed by atoms with Crippen LogP contribution in [0.4, 0.5) is 0 Å². The van der Waals surface area contributed by atoms with Gasteiger partial charge in [-0.05, 0) is 18.4 Å². The van der Waals surface area contributed by atoms with Gasteiger partial charge in [0.05, 0.1) is 6.61 Å². The molecule has 0 aliphatic heterocycles. The zero-order chi connectivity index (χ0) is 11.1. The number of carbonyl (C=O) groups is 1. The topological polar surface area (TPSA) is 37.3 Å². The van der Waals surface area contributed by atoms with Gasteiger partial charge in [-0.15, -0.1) is 0 Å². The molecule has 0 aromatic heterocycles. The average molecular weight is 206 g/mol. The molecule has 0 atom stereocenters. The van der Waals surface area contributed by atoms with Crippen molar-refractivity contribution >= 4 is 5.78 Å². The van der Waals surface area contributed by atoms with Gasteiger partial charge in [0.1, 0.15) is 0 Å². The van der Waals surface area contributed by atoms with E-state index in [1.807, 2.05) is 24.3 Å². The Bertz CT molecular complexity index is 301. The van der Waals surface area contributed by atoms with Crippen molar-refractivity contribution in [1.82, 2.24) is 0 Å². The number of hydrogen-bond acceptors (Lipinski definition) is 2. The molecule has 0 saturated carbocycles. The molecule has 0 spiro atoms. The minimum absolute atomic E-state index is 0.0135. The standard InChI is InChI=1S/C13H18O2/c1-2-3-4-11-5-7-12(8-6-11)13(15)9-10-14/h5-8,14H,2-4,9-10H2,1H3. The van der Waals surface area contributed by atoms with Gasteiger partial charge in [0.2, 0.25) is 0 Å². The second-order valence-electron chi connectivity index (χ2n) is 3.70. The highest BCUT2D eigenvalue weighted by atomic mass is 16.3. The number of ketones is 1. The van der Waals surface area contributed by atoms with Gasteiger partial charge in [-0.3, -0.25) is 4.79 Å². The minimum atomic E-state index is -0.0730. The lowest BCUT2D eigenvalue weighted by molar-refractivity contribution is 0.0956. The summed E-state index contributed by atoms with van der Waals surface area (Å²) in [5.41, 5.74) is 1.97. The Morgan fingerprint density at radius 2 is 1.93 bits per heavy atom. The quantitative estimate of drug-likeness (QED) is 0.726. The van der Waals surface area contributed by atoms with Gasteiger partial charge in [-0.1, -0.05) is 37.6 Å². The Morgan fingerprint density at radius 3 is 2.47 bits per heavy atom. The van der Waals surface area contributed by atoms with Crippen LogP contribution in [0.3, 0.4) is 0 Å². The maximum atomic E-state index is 11.4. The summed E-state index contributed by atoms with van der Waals surface area (Å²) in [4.78, 5) is 11.4. The first-order valence-electron chi connectivity index (χ1n) is 5.51. The normalized spacial score (nSPS) is 10.3. The molecule has 1 rings (SSSR count). The number of hydrogen-bond donors (Lipinski definition) is 1. The summed E-state index contributed by atoms with van der Waals surface area (Å²) < 4.78 is 0. The molecular weight excluding hydrogens is 188 g/mol. The molecule has 0 radical (unpaired) electrons. The molecule has 0 unspecified atom stereocenters. The lowest BCUT2D eigenvalue weighted by atomic mass is 10.0. The van der Waals surface area contributed by atoms with Gasteiger partial charge in [0.15, 0.2) is 5.78 Å². The van der Waals surface area contributed by atoms with E-state index in [1.54, 1.807) is 0 Å². The first-order valence-corrected chi connectivity index (χ1v) is 5.51. The highest BCUT2D eigenvalue weighted by Crippen LogP contribution is 2.09. The number of Topliss-reactive ketones (excluding diaryl/α,β-unsaturated/α-hetero) is 1. The van der Waals surface area contributed by atoms with E-state index in [4.69, 9.17) is 5.11 Å². The summed E-state index contributed by atoms with van der Waals surface area (Å²) in [6, 6.07) is 7.70. The Labute approximate surface area is 90.9 Å². The van der Waals surface area contributed by atoms with Crippen molar-refractivity contribution < 1.29 is 9.90 Å². The molecule has 0 aliphatic rings. The molecule has 0 fully saturated rings. The van der Waals surface area contributed by atoms with Crippen LogP contribution in [0.15, 0.2) is 24.3 Å². The van der Waals surface area contributed by atoms with Crippen molar-refractivity contribution in [2.24, 2.45) is 0 Å². The molecule has 0 amide bonds. The van der Waals surface area contributed by atoms with Crippen LogP contribution in [0.5, 0.6) is 0 Å². The summed E-state index contributed by atoms with van der Waals surface area (Å²) in [6.45, 7) is 2.09. The third-order valence-corrected chi connectivity index (χ3v) is 2.43. The predicted molar refractivity (Wildman–Crippen MR) is 61.1 cm³/mol. The lowest BCUT2D eigenvalue weighted by Crippen LogP contribution is -2.01. The maximum Gasteiger partial charge on any atom is 0.165 e. The second kappa shape index (κ2) is 6.36. The zero-order valence-electron chi connectivity index (χ0n) is 9.20. The number of carbonyl (C=O) groups excluding carboxylic acids is 1. The van der Waals surface area contributed by atoms with E-state index < -0.39 is 0 Å². The molecule has 0 saturated heterocycles. The van der Waals surface area contributed by atoms with Crippen LogP contribution >= 0.6 is 0 Å². The summed E-state index contributed by atoms with van der Waals surface area (Å²) >= 11 is 0. The SMILES string of the molecule is CCCCc1ccc(C(=O)CCO)cc1. The molecule has 0 heterocycles. The fourth-order valence-corrected chi connectivity index (χ4v) is 1.48. The van der Waals surface area contributed by atoms with Crippen LogP contribution in [0.1, 0.15) is 42.1 Å². The van der Waals surface area contributed by atoms with Crippen molar-refractivity contribution in [2.45, 2.75) is 32.6 Å². The van der Waals surface area contributed by atoms with Gasteiger partial charge in [0.25, 0.3) is 0 Å². The fraction of sp³-hybridized carbons (Fsp3) is 0.462. The smallest absolute Gasteiger partial charge is 0.165 e. The van der Waals surface area contributed by atoms with Crippen molar-refractivity contribution in [3.8, 4) is 0 Å². The first-order chi connectivity index (χ1) is 7.27. The molecule has 0 bridgehead atoms. The van der Waals surface area contributed by atoms with E-state index in [-0.39, 0.29) is 18.8 Å². The van der Waals surface area contributed by atoms with Gasteiger partial charge in [-0.2, -0.15) is 0 Å². The molecule has 2 nitrogen and oxygen atoms in total. The van der Waals surface area contributed by atoms with E-state index in [0.717, 1.165) is 6.42 Å². The molecular formula is C13H18O2. The van der Waals surface area contributed by atoms with Crippen molar-refractivity contribution in [3.63, 3.8) is 0 Å². The Morgan fingerprint density at radius 1 is 1.27 bits per heavy atom. The molecule has 2 heteroatoms. The van der Waals surface area contributed by atoms with Gasteiger partial charge < -0.3 is 5.11 Å². The van der Waals surface area contributed by atoms with Crippen molar-refractivity contribution in [1.29, 1.82) is 0 Å².